The van der Waals surface area contributed by atoms with E-state index < -0.39 is 6.04 Å². The molecular formula is C27H28N2O3. The van der Waals surface area contributed by atoms with Crippen LogP contribution in [0.3, 0.4) is 0 Å². The first kappa shape index (κ1) is 22.8. The first-order chi connectivity index (χ1) is 15.6. The van der Waals surface area contributed by atoms with Gasteiger partial charge < -0.3 is 15.4 Å². The van der Waals surface area contributed by atoms with Gasteiger partial charge in [-0.05, 0) is 41.8 Å². The predicted octanol–water partition coefficient (Wildman–Crippen LogP) is 4.16. The number of methoxy groups -OCH3 is 1. The Bertz CT molecular complexity index is 992. The second-order valence-electron chi connectivity index (χ2n) is 7.46. The number of hydrogen-bond acceptors (Lipinski definition) is 3. The van der Waals surface area contributed by atoms with Gasteiger partial charge in [-0.2, -0.15) is 0 Å². The Morgan fingerprint density at radius 1 is 0.875 bits per heavy atom. The molecule has 164 valence electrons. The average molecular weight is 429 g/mol. The highest BCUT2D eigenvalue weighted by molar-refractivity contribution is 5.95. The van der Waals surface area contributed by atoms with Crippen molar-refractivity contribution in [2.45, 2.75) is 18.9 Å². The summed E-state index contributed by atoms with van der Waals surface area (Å²) in [6.07, 6.45) is 3.11. The van der Waals surface area contributed by atoms with Gasteiger partial charge in [0.15, 0.2) is 0 Å². The monoisotopic (exact) mass is 428 g/mol. The van der Waals surface area contributed by atoms with Crippen molar-refractivity contribution in [1.82, 2.24) is 10.6 Å². The summed E-state index contributed by atoms with van der Waals surface area (Å²) in [4.78, 5) is 24.9. The molecule has 2 amide bonds. The second-order valence-corrected chi connectivity index (χ2v) is 7.46. The van der Waals surface area contributed by atoms with Crippen molar-refractivity contribution in [2.75, 3.05) is 13.7 Å². The molecular weight excluding hydrogens is 400 g/mol. The van der Waals surface area contributed by atoms with Crippen LogP contribution in [0.15, 0.2) is 91.0 Å². The van der Waals surface area contributed by atoms with Gasteiger partial charge >= 0.3 is 0 Å². The molecule has 0 aromatic heterocycles. The molecule has 0 bridgehead atoms. The molecule has 0 heterocycles. The highest BCUT2D eigenvalue weighted by Gasteiger charge is 2.18. The number of rotatable bonds is 9. The molecule has 0 spiro atoms. The van der Waals surface area contributed by atoms with E-state index in [0.29, 0.717) is 6.54 Å². The number of ether oxygens (including phenoxy) is 1. The van der Waals surface area contributed by atoms with Crippen LogP contribution in [-0.2, 0) is 9.59 Å². The van der Waals surface area contributed by atoms with Crippen LogP contribution in [0, 0.1) is 0 Å². The van der Waals surface area contributed by atoms with Crippen molar-refractivity contribution in [3.63, 3.8) is 0 Å². The third-order valence-corrected chi connectivity index (χ3v) is 5.18. The van der Waals surface area contributed by atoms with E-state index in [-0.39, 0.29) is 17.7 Å². The van der Waals surface area contributed by atoms with Gasteiger partial charge in [-0.3, -0.25) is 9.59 Å². The molecule has 3 aromatic carbocycles. The number of benzene rings is 3. The van der Waals surface area contributed by atoms with Crippen LogP contribution in [0.25, 0.3) is 6.08 Å². The van der Waals surface area contributed by atoms with Crippen LogP contribution in [0.5, 0.6) is 5.75 Å². The summed E-state index contributed by atoms with van der Waals surface area (Å²) in [7, 11) is 1.60. The third kappa shape index (κ3) is 6.57. The van der Waals surface area contributed by atoms with Crippen molar-refractivity contribution < 1.29 is 14.3 Å². The Labute approximate surface area is 189 Å². The zero-order valence-electron chi connectivity index (χ0n) is 18.3. The molecule has 3 aromatic rings. The first-order valence-electron chi connectivity index (χ1n) is 10.6. The van der Waals surface area contributed by atoms with Crippen molar-refractivity contribution in [3.05, 3.63) is 108 Å². The van der Waals surface area contributed by atoms with Gasteiger partial charge in [0.1, 0.15) is 11.8 Å². The lowest BCUT2D eigenvalue weighted by Crippen LogP contribution is -2.45. The van der Waals surface area contributed by atoms with Crippen LogP contribution < -0.4 is 15.4 Å². The molecule has 0 aliphatic heterocycles. The van der Waals surface area contributed by atoms with Crippen LogP contribution in [0.2, 0.25) is 0 Å². The minimum absolute atomic E-state index is 0.0271. The van der Waals surface area contributed by atoms with E-state index in [2.05, 4.69) is 34.9 Å². The molecule has 0 saturated heterocycles. The summed E-state index contributed by atoms with van der Waals surface area (Å²) < 4.78 is 5.12. The highest BCUT2D eigenvalue weighted by atomic mass is 16.5. The summed E-state index contributed by atoms with van der Waals surface area (Å²) in [5.41, 5.74) is 3.11. The number of amides is 2. The van der Waals surface area contributed by atoms with E-state index >= 15 is 0 Å². The number of nitrogens with one attached hydrogen (secondary N) is 2. The van der Waals surface area contributed by atoms with Crippen molar-refractivity contribution in [1.29, 1.82) is 0 Å². The largest absolute Gasteiger partial charge is 0.497 e. The normalized spacial score (nSPS) is 11.8. The minimum atomic E-state index is -0.657. The molecule has 1 unspecified atom stereocenters. The Hall–Kier alpha value is -3.86. The van der Waals surface area contributed by atoms with Crippen LogP contribution >= 0.6 is 0 Å². The van der Waals surface area contributed by atoms with E-state index in [0.717, 1.165) is 22.4 Å². The summed E-state index contributed by atoms with van der Waals surface area (Å²) in [6, 6.07) is 26.8. The molecule has 0 fully saturated rings. The Morgan fingerprint density at radius 3 is 1.97 bits per heavy atom. The van der Waals surface area contributed by atoms with E-state index in [4.69, 9.17) is 4.74 Å². The standard InChI is InChI=1S/C27H28N2O3/c1-20(29-26(30)18-15-21-13-16-24(32-2)17-14-21)27(31)28-19-25(22-9-5-3-6-10-22)23-11-7-4-8-12-23/h3-18,20,25H,19H2,1-2H3,(H,28,31)(H,29,30)/b18-15+. The zero-order chi connectivity index (χ0) is 22.8. The van der Waals surface area contributed by atoms with Gasteiger partial charge in [-0.15, -0.1) is 0 Å². The molecule has 2 N–H and O–H groups in total. The average Bonchev–Trinajstić information content (AvgIpc) is 2.84. The van der Waals surface area contributed by atoms with E-state index in [1.165, 1.54) is 6.08 Å². The molecule has 0 aliphatic carbocycles. The van der Waals surface area contributed by atoms with Gasteiger partial charge in [-0.1, -0.05) is 72.8 Å². The van der Waals surface area contributed by atoms with Crippen LogP contribution in [0.1, 0.15) is 29.5 Å². The zero-order valence-corrected chi connectivity index (χ0v) is 18.3. The van der Waals surface area contributed by atoms with E-state index in [1.807, 2.05) is 60.7 Å². The lowest BCUT2D eigenvalue weighted by molar-refractivity contribution is -0.126. The molecule has 32 heavy (non-hydrogen) atoms. The summed E-state index contributed by atoms with van der Waals surface area (Å²) in [5.74, 6) is 0.222. The lowest BCUT2D eigenvalue weighted by Gasteiger charge is -2.20. The summed E-state index contributed by atoms with van der Waals surface area (Å²) in [5, 5.41) is 5.69. The van der Waals surface area contributed by atoms with Crippen molar-refractivity contribution in [2.24, 2.45) is 0 Å². The Morgan fingerprint density at radius 2 is 1.44 bits per heavy atom. The summed E-state index contributed by atoms with van der Waals surface area (Å²) >= 11 is 0. The lowest BCUT2D eigenvalue weighted by atomic mass is 9.91. The van der Waals surface area contributed by atoms with Crippen LogP contribution in [0.4, 0.5) is 0 Å². The molecule has 0 aliphatic rings. The number of carbonyl (C=O) groups excluding carboxylic acids is 2. The quantitative estimate of drug-likeness (QED) is 0.503. The highest BCUT2D eigenvalue weighted by Crippen LogP contribution is 2.23. The van der Waals surface area contributed by atoms with Gasteiger partial charge in [0.05, 0.1) is 7.11 Å². The molecule has 1 atom stereocenters. The SMILES string of the molecule is COc1ccc(/C=C/C(=O)NC(C)C(=O)NCC(c2ccccc2)c2ccccc2)cc1. The molecule has 3 rings (SSSR count). The second kappa shape index (κ2) is 11.5. The maximum atomic E-state index is 12.6. The maximum absolute atomic E-state index is 12.6. The van der Waals surface area contributed by atoms with Gasteiger partial charge in [0.2, 0.25) is 11.8 Å². The first-order valence-corrected chi connectivity index (χ1v) is 10.6. The number of carbonyl (C=O) groups is 2. The summed E-state index contributed by atoms with van der Waals surface area (Å²) in [6.45, 7) is 2.11. The fourth-order valence-electron chi connectivity index (χ4n) is 3.37. The third-order valence-electron chi connectivity index (χ3n) is 5.18. The van der Waals surface area contributed by atoms with E-state index in [9.17, 15) is 9.59 Å². The van der Waals surface area contributed by atoms with Gasteiger partial charge in [-0.25, -0.2) is 0 Å². The Kier molecular flexibility index (Phi) is 8.21. The smallest absolute Gasteiger partial charge is 0.244 e. The predicted molar refractivity (Wildman–Crippen MR) is 127 cm³/mol. The maximum Gasteiger partial charge on any atom is 0.244 e. The van der Waals surface area contributed by atoms with E-state index in [1.54, 1.807) is 20.1 Å². The van der Waals surface area contributed by atoms with Gasteiger partial charge in [0, 0.05) is 18.5 Å². The van der Waals surface area contributed by atoms with Crippen molar-refractivity contribution >= 4 is 17.9 Å². The molecule has 5 nitrogen and oxygen atoms in total. The number of hydrogen-bond donors (Lipinski definition) is 2. The van der Waals surface area contributed by atoms with Crippen LogP contribution in [-0.4, -0.2) is 31.5 Å². The van der Waals surface area contributed by atoms with Gasteiger partial charge in [0.25, 0.3) is 0 Å². The molecule has 5 heteroatoms. The molecule has 0 radical (unpaired) electrons. The molecule has 0 saturated carbocycles. The van der Waals surface area contributed by atoms with Crippen molar-refractivity contribution in [3.8, 4) is 5.75 Å². The minimum Gasteiger partial charge on any atom is -0.497 e. The fraction of sp³-hybridized carbons (Fsp3) is 0.185. The Balaban J connectivity index is 1.56. The topological polar surface area (TPSA) is 67.4 Å². The fourth-order valence-corrected chi connectivity index (χ4v) is 3.37.